The number of aryl methyl sites for hydroxylation is 1. The van der Waals surface area contributed by atoms with Crippen molar-refractivity contribution < 1.29 is 42.4 Å². The molecule has 1 aromatic carbocycles. The van der Waals surface area contributed by atoms with Crippen molar-refractivity contribution in [3.63, 3.8) is 0 Å². The third kappa shape index (κ3) is 16.7. The Hall–Kier alpha value is -2.65. The van der Waals surface area contributed by atoms with Crippen LogP contribution in [0.5, 0.6) is 0 Å². The Kier molecular flexibility index (Phi) is 23.3. The average Bonchev–Trinajstić information content (AvgIpc) is 3.47. The molecule has 10 atom stereocenters. The highest BCUT2D eigenvalue weighted by Crippen LogP contribution is 2.42. The first-order chi connectivity index (χ1) is 26.7. The summed E-state index contributed by atoms with van der Waals surface area (Å²) >= 11 is 0. The molecule has 0 aromatic heterocycles. The molecule has 9 heteroatoms. The molecule has 56 heavy (non-hydrogen) atoms. The Balaban J connectivity index is 1.82. The molecule has 0 spiro atoms. The topological polar surface area (TPSA) is 93.1 Å². The summed E-state index contributed by atoms with van der Waals surface area (Å²) in [6.45, 7) is 16.3. The fourth-order valence-corrected chi connectivity index (χ4v) is 9.20. The van der Waals surface area contributed by atoms with E-state index in [-0.39, 0.29) is 49.5 Å². The van der Waals surface area contributed by atoms with E-state index in [1.54, 1.807) is 25.1 Å². The number of unbranched alkanes of at least 4 members (excludes halogenated alkanes) is 2. The number of aliphatic hydroxyl groups excluding tert-OH is 2. The quantitative estimate of drug-likeness (QED) is 0.0523. The lowest BCUT2D eigenvalue weighted by molar-refractivity contribution is -0.150. The summed E-state index contributed by atoms with van der Waals surface area (Å²) in [7, 11) is 0. The molecule has 1 aliphatic carbocycles. The van der Waals surface area contributed by atoms with Crippen molar-refractivity contribution in [3.8, 4) is 0 Å². The summed E-state index contributed by atoms with van der Waals surface area (Å²) in [5.74, 6) is 2.63. The Labute approximate surface area is 337 Å². The van der Waals surface area contributed by atoms with Crippen molar-refractivity contribution in [2.24, 2.45) is 41.4 Å². The highest BCUT2D eigenvalue weighted by atomic mass is 19.4. The van der Waals surface area contributed by atoms with Gasteiger partial charge in [-0.25, -0.2) is 0 Å². The lowest BCUT2D eigenvalue weighted by Gasteiger charge is -2.39. The Morgan fingerprint density at radius 3 is 2.23 bits per heavy atom. The van der Waals surface area contributed by atoms with Crippen LogP contribution in [0.15, 0.2) is 48.6 Å². The van der Waals surface area contributed by atoms with Gasteiger partial charge in [-0.1, -0.05) is 129 Å². The van der Waals surface area contributed by atoms with Gasteiger partial charge in [-0.3, -0.25) is 9.59 Å². The van der Waals surface area contributed by atoms with Gasteiger partial charge in [-0.2, -0.15) is 13.2 Å². The molecule has 0 amide bonds. The van der Waals surface area contributed by atoms with E-state index in [4.69, 9.17) is 9.47 Å². The van der Waals surface area contributed by atoms with Crippen LogP contribution in [0.3, 0.4) is 0 Å². The minimum absolute atomic E-state index is 0.176. The van der Waals surface area contributed by atoms with Crippen molar-refractivity contribution in [1.82, 2.24) is 0 Å². The summed E-state index contributed by atoms with van der Waals surface area (Å²) in [6.07, 6.45) is 13.2. The number of hydrogen-bond acceptors (Lipinski definition) is 6. The zero-order valence-corrected chi connectivity index (χ0v) is 35.6. The largest absolute Gasteiger partial charge is 0.466 e. The van der Waals surface area contributed by atoms with Gasteiger partial charge in [0.2, 0.25) is 0 Å². The van der Waals surface area contributed by atoms with Gasteiger partial charge in [0, 0.05) is 31.1 Å². The summed E-state index contributed by atoms with van der Waals surface area (Å²) in [5, 5.41) is 21.5. The van der Waals surface area contributed by atoms with Crippen molar-refractivity contribution in [1.29, 1.82) is 0 Å². The minimum Gasteiger partial charge on any atom is -0.466 e. The van der Waals surface area contributed by atoms with Crippen LogP contribution in [-0.2, 0) is 31.7 Å². The molecule has 0 bridgehead atoms. The van der Waals surface area contributed by atoms with Crippen LogP contribution >= 0.6 is 0 Å². The number of carbonyl (C=O) groups excluding carboxylic acids is 2. The van der Waals surface area contributed by atoms with Gasteiger partial charge in [-0.15, -0.1) is 0 Å². The number of alkyl halides is 3. The normalized spacial score (nSPS) is 22.2. The smallest absolute Gasteiger partial charge is 0.416 e. The van der Waals surface area contributed by atoms with Gasteiger partial charge in [0.15, 0.2) is 0 Å². The molecule has 0 heterocycles. The number of ether oxygens (including phenoxy) is 2. The lowest BCUT2D eigenvalue weighted by atomic mass is 9.66. The number of carbonyl (C=O) groups is 2. The number of halogens is 3. The Morgan fingerprint density at radius 2 is 1.61 bits per heavy atom. The van der Waals surface area contributed by atoms with Crippen LogP contribution in [0.4, 0.5) is 13.2 Å². The summed E-state index contributed by atoms with van der Waals surface area (Å²) < 4.78 is 50.5. The maximum Gasteiger partial charge on any atom is 0.416 e. The van der Waals surface area contributed by atoms with E-state index in [0.29, 0.717) is 43.8 Å². The van der Waals surface area contributed by atoms with Crippen LogP contribution in [0.2, 0.25) is 0 Å². The number of benzene rings is 1. The van der Waals surface area contributed by atoms with Crippen LogP contribution in [0.25, 0.3) is 0 Å². The van der Waals surface area contributed by atoms with E-state index in [0.717, 1.165) is 48.6 Å². The van der Waals surface area contributed by atoms with E-state index in [2.05, 4.69) is 41.5 Å². The van der Waals surface area contributed by atoms with Gasteiger partial charge in [0.1, 0.15) is 6.10 Å². The molecule has 1 fully saturated rings. The third-order valence-corrected chi connectivity index (χ3v) is 12.6. The van der Waals surface area contributed by atoms with Crippen molar-refractivity contribution in [2.75, 3.05) is 6.61 Å². The van der Waals surface area contributed by atoms with Crippen LogP contribution in [-0.4, -0.2) is 47.1 Å². The van der Waals surface area contributed by atoms with Crippen LogP contribution < -0.4 is 0 Å². The summed E-state index contributed by atoms with van der Waals surface area (Å²) in [5.41, 5.74) is -0.239. The lowest BCUT2D eigenvalue weighted by Crippen LogP contribution is -2.31. The van der Waals surface area contributed by atoms with Crippen LogP contribution in [0, 0.1) is 41.4 Å². The zero-order chi connectivity index (χ0) is 41.7. The first-order valence-electron chi connectivity index (χ1n) is 21.9. The van der Waals surface area contributed by atoms with Crippen molar-refractivity contribution >= 4 is 11.9 Å². The molecule has 320 valence electrons. The number of hydrogen-bond donors (Lipinski definition) is 2. The minimum atomic E-state index is -4.43. The summed E-state index contributed by atoms with van der Waals surface area (Å²) in [6, 6.07) is 5.09. The zero-order valence-electron chi connectivity index (χ0n) is 35.6. The fourth-order valence-electron chi connectivity index (χ4n) is 9.20. The highest BCUT2D eigenvalue weighted by molar-refractivity contribution is 5.69. The predicted molar refractivity (Wildman–Crippen MR) is 220 cm³/mol. The molecule has 0 saturated heterocycles. The van der Waals surface area contributed by atoms with Gasteiger partial charge in [0.25, 0.3) is 0 Å². The molecule has 0 aliphatic heterocycles. The molecule has 1 saturated carbocycles. The Bertz CT molecular complexity index is 1310. The second-order valence-electron chi connectivity index (χ2n) is 16.2. The van der Waals surface area contributed by atoms with Crippen molar-refractivity contribution in [2.45, 2.75) is 176 Å². The molecule has 5 unspecified atom stereocenters. The van der Waals surface area contributed by atoms with Crippen molar-refractivity contribution in [3.05, 3.63) is 59.7 Å². The predicted octanol–water partition coefficient (Wildman–Crippen LogP) is 11.9. The number of rotatable bonds is 27. The second kappa shape index (κ2) is 26.4. The molecule has 2 N–H and O–H groups in total. The SMILES string of the molecule is CCC(=O)O[C@H]1C[C@@H](O)[C@H](/C=C/[C@@H](O)CCc2cccc(C(F)(F)F)c2)[C@H]1C/C=C\CCCC(=O)OCCCCC(CC)C(CC)C(CC)C(CC)C(C)CC. The second-order valence-corrected chi connectivity index (χ2v) is 16.2. The van der Waals surface area contributed by atoms with Gasteiger partial charge in [0.05, 0.1) is 24.4 Å². The van der Waals surface area contributed by atoms with E-state index in [1.165, 1.54) is 44.6 Å². The van der Waals surface area contributed by atoms with E-state index >= 15 is 0 Å². The number of aliphatic hydroxyl groups is 2. The summed E-state index contributed by atoms with van der Waals surface area (Å²) in [4.78, 5) is 24.7. The molecule has 1 aromatic rings. The maximum absolute atomic E-state index is 13.1. The molecule has 6 nitrogen and oxygen atoms in total. The first kappa shape index (κ1) is 49.5. The molecular formula is C47H75F3O6. The highest BCUT2D eigenvalue weighted by Gasteiger charge is 2.42. The van der Waals surface area contributed by atoms with E-state index in [1.807, 2.05) is 12.2 Å². The molecule has 0 radical (unpaired) electrons. The van der Waals surface area contributed by atoms with Gasteiger partial charge in [-0.05, 0) is 86.2 Å². The fraction of sp³-hybridized carbons (Fsp3) is 0.745. The van der Waals surface area contributed by atoms with Gasteiger partial charge < -0.3 is 19.7 Å². The maximum atomic E-state index is 13.1. The number of allylic oxidation sites excluding steroid dienone is 2. The van der Waals surface area contributed by atoms with E-state index in [9.17, 15) is 33.0 Å². The monoisotopic (exact) mass is 793 g/mol. The van der Waals surface area contributed by atoms with Gasteiger partial charge >= 0.3 is 18.1 Å². The molecular weight excluding hydrogens is 718 g/mol. The van der Waals surface area contributed by atoms with E-state index < -0.39 is 30.1 Å². The standard InChI is InChI=1S/C47H75F3O6/c1-8-33(7)38(10-3)40(12-5)39(11-4)35(9-2)22-18-19-30-55-46(54)25-17-15-14-16-24-42-41(43(52)32-44(42)56-45(53)13-6)29-28-37(51)27-26-34-21-20-23-36(31-34)47(48,49)50/h14,16,20-21,23,28-29,31,33,35,37-44,51-52H,8-13,15,17-19,22,24-27,30,32H2,1-7H3/b16-14-,29-28+/t33?,35?,37-,38?,39?,40?,41+,42+,43+,44-/m0/s1. The molecule has 1 aliphatic rings. The molecule has 2 rings (SSSR count). The van der Waals surface area contributed by atoms with Crippen LogP contribution in [0.1, 0.15) is 156 Å². The Morgan fingerprint density at radius 1 is 0.893 bits per heavy atom. The number of esters is 2. The third-order valence-electron chi connectivity index (χ3n) is 12.6. The first-order valence-corrected chi connectivity index (χ1v) is 21.9. The average molecular weight is 793 g/mol.